The summed E-state index contributed by atoms with van der Waals surface area (Å²) in [4.78, 5) is 23.9. The summed E-state index contributed by atoms with van der Waals surface area (Å²) in [6.45, 7) is -0.496. The van der Waals surface area contributed by atoms with Crippen molar-refractivity contribution in [2.45, 2.75) is 0 Å². The number of nitrogens with zero attached hydrogens (tertiary/aromatic N) is 1. The lowest BCUT2D eigenvalue weighted by Crippen LogP contribution is -2.20. The van der Waals surface area contributed by atoms with E-state index in [1.807, 2.05) is 6.07 Å². The van der Waals surface area contributed by atoms with E-state index in [0.29, 0.717) is 28.5 Å². The van der Waals surface area contributed by atoms with Crippen LogP contribution in [0.1, 0.15) is 11.1 Å². The molecule has 0 fully saturated rings. The van der Waals surface area contributed by atoms with Crippen LogP contribution in [-0.4, -0.2) is 39.8 Å². The van der Waals surface area contributed by atoms with Crippen molar-refractivity contribution >= 4 is 35.2 Å². The number of ether oxygens (including phenoxy) is 4. The third kappa shape index (κ3) is 5.90. The van der Waals surface area contributed by atoms with Crippen LogP contribution < -0.4 is 19.5 Å². The molecule has 0 atom stereocenters. The van der Waals surface area contributed by atoms with Crippen LogP contribution in [0.15, 0.2) is 36.4 Å². The smallest absolute Gasteiger partial charge is 0.331 e. The van der Waals surface area contributed by atoms with E-state index in [1.165, 1.54) is 45.6 Å². The predicted octanol–water partition coefficient (Wildman–Crippen LogP) is 3.43. The van der Waals surface area contributed by atoms with Crippen LogP contribution in [0.3, 0.4) is 0 Å². The number of amides is 1. The van der Waals surface area contributed by atoms with Crippen LogP contribution in [0, 0.1) is 11.3 Å². The minimum Gasteiger partial charge on any atom is -0.496 e. The van der Waals surface area contributed by atoms with Crippen LogP contribution in [0.2, 0.25) is 5.02 Å². The summed E-state index contributed by atoms with van der Waals surface area (Å²) in [6, 6.07) is 9.62. The molecule has 2 aromatic rings. The zero-order chi connectivity index (χ0) is 22.1. The molecule has 0 saturated heterocycles. The van der Waals surface area contributed by atoms with Gasteiger partial charge in [-0.1, -0.05) is 11.6 Å². The monoisotopic (exact) mass is 430 g/mol. The molecule has 0 saturated carbocycles. The Hall–Kier alpha value is -3.70. The van der Waals surface area contributed by atoms with Gasteiger partial charge >= 0.3 is 5.97 Å². The molecule has 2 rings (SSSR count). The molecule has 0 spiro atoms. The summed E-state index contributed by atoms with van der Waals surface area (Å²) in [7, 11) is 4.48. The molecule has 1 N–H and O–H groups in total. The number of rotatable bonds is 8. The lowest BCUT2D eigenvalue weighted by Gasteiger charge is -2.12. The second-order valence-corrected chi connectivity index (χ2v) is 6.15. The van der Waals surface area contributed by atoms with E-state index in [-0.39, 0.29) is 10.6 Å². The van der Waals surface area contributed by atoms with Gasteiger partial charge in [0, 0.05) is 23.4 Å². The number of anilines is 1. The lowest BCUT2D eigenvalue weighted by atomic mass is 10.1. The molecule has 0 unspecified atom stereocenters. The standard InChI is InChI=1S/C21H19ClN2O6/c1-27-17-10-19(29-3)18(28-2)8-13(17)5-7-21(26)30-12-20(25)24-15-6-4-14(11-23)16(22)9-15/h4-10H,12H2,1-3H3,(H,24,25)/b7-5+. The van der Waals surface area contributed by atoms with Crippen molar-refractivity contribution in [1.82, 2.24) is 0 Å². The number of carbonyl (C=O) groups excluding carboxylic acids is 2. The van der Waals surface area contributed by atoms with Gasteiger partial charge in [-0.2, -0.15) is 5.26 Å². The first-order valence-electron chi connectivity index (χ1n) is 8.56. The van der Waals surface area contributed by atoms with E-state index >= 15 is 0 Å². The van der Waals surface area contributed by atoms with Gasteiger partial charge in [-0.3, -0.25) is 4.79 Å². The van der Waals surface area contributed by atoms with Crippen molar-refractivity contribution in [3.63, 3.8) is 0 Å². The average molecular weight is 431 g/mol. The Morgan fingerprint density at radius 2 is 1.73 bits per heavy atom. The van der Waals surface area contributed by atoms with Gasteiger partial charge in [0.25, 0.3) is 5.91 Å². The number of carbonyl (C=O) groups is 2. The van der Waals surface area contributed by atoms with Crippen LogP contribution in [-0.2, 0) is 14.3 Å². The van der Waals surface area contributed by atoms with Gasteiger partial charge in [0.1, 0.15) is 11.8 Å². The quantitative estimate of drug-likeness (QED) is 0.505. The molecule has 8 nitrogen and oxygen atoms in total. The van der Waals surface area contributed by atoms with Gasteiger partial charge in [0.15, 0.2) is 18.1 Å². The number of hydrogen-bond donors (Lipinski definition) is 1. The number of methoxy groups -OCH3 is 3. The second kappa shape index (κ2) is 10.7. The number of esters is 1. The third-order valence-electron chi connectivity index (χ3n) is 3.85. The highest BCUT2D eigenvalue weighted by atomic mass is 35.5. The molecule has 0 heterocycles. The Labute approximate surface area is 178 Å². The molecule has 1 amide bonds. The molecule has 0 aliphatic carbocycles. The molecule has 156 valence electrons. The van der Waals surface area contributed by atoms with E-state index < -0.39 is 18.5 Å². The maximum Gasteiger partial charge on any atom is 0.331 e. The Balaban J connectivity index is 1.97. The molecule has 9 heteroatoms. The van der Waals surface area contributed by atoms with Gasteiger partial charge in [-0.15, -0.1) is 0 Å². The first-order chi connectivity index (χ1) is 14.4. The van der Waals surface area contributed by atoms with Gasteiger partial charge < -0.3 is 24.3 Å². The fraction of sp³-hybridized carbons (Fsp3) is 0.190. The summed E-state index contributed by atoms with van der Waals surface area (Å²) in [5.74, 6) is 0.133. The Morgan fingerprint density at radius 3 is 2.33 bits per heavy atom. The summed E-state index contributed by atoms with van der Waals surface area (Å²) in [6.07, 6.45) is 2.64. The second-order valence-electron chi connectivity index (χ2n) is 5.74. The number of nitrogens with one attached hydrogen (secondary N) is 1. The Morgan fingerprint density at radius 1 is 1.07 bits per heavy atom. The highest BCUT2D eigenvalue weighted by Gasteiger charge is 2.11. The van der Waals surface area contributed by atoms with Crippen molar-refractivity contribution in [3.8, 4) is 23.3 Å². The molecule has 30 heavy (non-hydrogen) atoms. The summed E-state index contributed by atoms with van der Waals surface area (Å²) in [5.41, 5.74) is 1.23. The van der Waals surface area contributed by atoms with Crippen molar-refractivity contribution in [2.75, 3.05) is 33.3 Å². The minimum atomic E-state index is -0.722. The normalized spacial score (nSPS) is 10.2. The number of benzene rings is 2. The topological polar surface area (TPSA) is 107 Å². The highest BCUT2D eigenvalue weighted by Crippen LogP contribution is 2.35. The van der Waals surface area contributed by atoms with Gasteiger partial charge in [-0.25, -0.2) is 4.79 Å². The zero-order valence-corrected chi connectivity index (χ0v) is 17.3. The predicted molar refractivity (Wildman–Crippen MR) is 111 cm³/mol. The molecular formula is C21H19ClN2O6. The van der Waals surface area contributed by atoms with E-state index in [4.69, 9.17) is 35.8 Å². The maximum absolute atomic E-state index is 11.9. The minimum absolute atomic E-state index is 0.207. The van der Waals surface area contributed by atoms with Gasteiger partial charge in [0.05, 0.1) is 31.9 Å². The first-order valence-corrected chi connectivity index (χ1v) is 8.94. The zero-order valence-electron chi connectivity index (χ0n) is 16.5. The lowest BCUT2D eigenvalue weighted by molar-refractivity contribution is -0.142. The third-order valence-corrected chi connectivity index (χ3v) is 4.17. The van der Waals surface area contributed by atoms with Crippen molar-refractivity contribution in [2.24, 2.45) is 0 Å². The largest absolute Gasteiger partial charge is 0.496 e. The molecule has 0 aromatic heterocycles. The van der Waals surface area contributed by atoms with E-state index in [2.05, 4.69) is 5.32 Å². The van der Waals surface area contributed by atoms with E-state index in [0.717, 1.165) is 6.08 Å². The Bertz CT molecular complexity index is 1010. The fourth-order valence-corrected chi connectivity index (χ4v) is 2.63. The molecule has 0 radical (unpaired) electrons. The average Bonchev–Trinajstić information content (AvgIpc) is 2.75. The molecular weight excluding hydrogens is 412 g/mol. The van der Waals surface area contributed by atoms with E-state index in [9.17, 15) is 9.59 Å². The van der Waals surface area contributed by atoms with Gasteiger partial charge in [0.2, 0.25) is 0 Å². The molecule has 0 bridgehead atoms. The van der Waals surface area contributed by atoms with Gasteiger partial charge in [-0.05, 0) is 30.3 Å². The summed E-state index contributed by atoms with van der Waals surface area (Å²) >= 11 is 5.91. The maximum atomic E-state index is 11.9. The summed E-state index contributed by atoms with van der Waals surface area (Å²) < 4.78 is 20.6. The summed E-state index contributed by atoms with van der Waals surface area (Å²) in [5, 5.41) is 11.6. The molecule has 0 aliphatic rings. The Kier molecular flexibility index (Phi) is 8.08. The fourth-order valence-electron chi connectivity index (χ4n) is 2.41. The molecule has 0 aliphatic heterocycles. The van der Waals surface area contributed by atoms with E-state index in [1.54, 1.807) is 12.1 Å². The number of nitriles is 1. The highest BCUT2D eigenvalue weighted by molar-refractivity contribution is 6.32. The van der Waals surface area contributed by atoms with Crippen molar-refractivity contribution in [1.29, 1.82) is 5.26 Å². The first kappa shape index (κ1) is 22.6. The SMILES string of the molecule is COc1cc(OC)c(OC)cc1/C=C/C(=O)OCC(=O)Nc1ccc(C#N)c(Cl)c1. The van der Waals surface area contributed by atoms with Crippen LogP contribution in [0.4, 0.5) is 5.69 Å². The van der Waals surface area contributed by atoms with Crippen molar-refractivity contribution < 1.29 is 28.5 Å². The van der Waals surface area contributed by atoms with Crippen LogP contribution in [0.5, 0.6) is 17.2 Å². The number of hydrogen-bond acceptors (Lipinski definition) is 7. The van der Waals surface area contributed by atoms with Crippen LogP contribution in [0.25, 0.3) is 6.08 Å². The van der Waals surface area contributed by atoms with Crippen molar-refractivity contribution in [3.05, 3.63) is 52.6 Å². The molecule has 2 aromatic carbocycles. The van der Waals surface area contributed by atoms with Crippen LogP contribution >= 0.6 is 11.6 Å². The number of halogens is 1.